The van der Waals surface area contributed by atoms with Crippen LogP contribution in [0.1, 0.15) is 55.2 Å². The Morgan fingerprint density at radius 3 is 2.21 bits per heavy atom. The van der Waals surface area contributed by atoms with E-state index in [2.05, 4.69) is 26.1 Å². The zero-order valence-electron chi connectivity index (χ0n) is 17.9. The molecular weight excluding hydrogens is 370 g/mol. The van der Waals surface area contributed by atoms with E-state index in [1.807, 2.05) is 19.1 Å². The third-order valence-electron chi connectivity index (χ3n) is 4.60. The van der Waals surface area contributed by atoms with Crippen molar-refractivity contribution >= 4 is 11.9 Å². The molecule has 29 heavy (non-hydrogen) atoms. The van der Waals surface area contributed by atoms with Crippen molar-refractivity contribution in [2.75, 3.05) is 20.8 Å². The molecule has 0 radical (unpaired) electrons. The minimum Gasteiger partial charge on any atom is -0.497 e. The number of nitrogens with one attached hydrogen (secondary N) is 1. The Labute approximate surface area is 172 Å². The lowest BCUT2D eigenvalue weighted by Gasteiger charge is -2.19. The van der Waals surface area contributed by atoms with Gasteiger partial charge >= 0.3 is 5.97 Å². The Morgan fingerprint density at radius 2 is 1.66 bits per heavy atom. The van der Waals surface area contributed by atoms with Crippen LogP contribution in [0.2, 0.25) is 0 Å². The molecular formula is C23H29NO5. The molecule has 0 aliphatic heterocycles. The summed E-state index contributed by atoms with van der Waals surface area (Å²) in [7, 11) is 3.13. The third-order valence-corrected chi connectivity index (χ3v) is 4.60. The van der Waals surface area contributed by atoms with Gasteiger partial charge in [-0.25, -0.2) is 4.79 Å². The fourth-order valence-corrected chi connectivity index (χ4v) is 2.86. The zero-order chi connectivity index (χ0) is 21.6. The summed E-state index contributed by atoms with van der Waals surface area (Å²) in [6.45, 7) is 7.76. The van der Waals surface area contributed by atoms with E-state index in [-0.39, 0.29) is 18.1 Å². The van der Waals surface area contributed by atoms with Gasteiger partial charge in [0, 0.05) is 5.56 Å². The molecule has 0 aliphatic rings. The second kappa shape index (κ2) is 9.45. The number of rotatable bonds is 7. The number of ether oxygens (including phenoxy) is 3. The molecule has 2 aromatic rings. The first-order valence-corrected chi connectivity index (χ1v) is 9.44. The number of hydrogen-bond acceptors (Lipinski definition) is 5. The average molecular weight is 399 g/mol. The number of carbonyl (C=O) groups is 2. The molecule has 2 rings (SSSR count). The van der Waals surface area contributed by atoms with E-state index in [1.54, 1.807) is 44.6 Å². The van der Waals surface area contributed by atoms with Crippen molar-refractivity contribution in [3.8, 4) is 11.5 Å². The zero-order valence-corrected chi connectivity index (χ0v) is 17.9. The maximum absolute atomic E-state index is 12.2. The summed E-state index contributed by atoms with van der Waals surface area (Å²) in [6, 6.07) is 12.2. The maximum atomic E-state index is 12.2. The van der Waals surface area contributed by atoms with E-state index in [1.165, 1.54) is 0 Å². The minimum atomic E-state index is -0.535. The average Bonchev–Trinajstić information content (AvgIpc) is 2.70. The summed E-state index contributed by atoms with van der Waals surface area (Å²) < 4.78 is 15.7. The Morgan fingerprint density at radius 1 is 1.00 bits per heavy atom. The molecule has 156 valence electrons. The number of amides is 1. The molecule has 0 spiro atoms. The van der Waals surface area contributed by atoms with E-state index in [0.717, 1.165) is 11.1 Å². The Kier molecular flexibility index (Phi) is 7.26. The van der Waals surface area contributed by atoms with E-state index in [9.17, 15) is 9.59 Å². The van der Waals surface area contributed by atoms with Gasteiger partial charge in [-0.2, -0.15) is 0 Å². The number of hydrogen-bond donors (Lipinski definition) is 1. The normalized spacial score (nSPS) is 12.1. The highest BCUT2D eigenvalue weighted by molar-refractivity contribution is 5.91. The molecule has 0 saturated heterocycles. The summed E-state index contributed by atoms with van der Waals surface area (Å²) in [4.78, 5) is 24.5. The van der Waals surface area contributed by atoms with Gasteiger partial charge in [0.25, 0.3) is 5.91 Å². The minimum absolute atomic E-state index is 0.000362. The van der Waals surface area contributed by atoms with Crippen LogP contribution in [0.25, 0.3) is 0 Å². The van der Waals surface area contributed by atoms with Crippen molar-refractivity contribution in [3.05, 3.63) is 59.2 Å². The monoisotopic (exact) mass is 399 g/mol. The molecule has 0 fully saturated rings. The van der Waals surface area contributed by atoms with Gasteiger partial charge in [0.2, 0.25) is 0 Å². The van der Waals surface area contributed by atoms with Crippen molar-refractivity contribution in [2.45, 2.75) is 39.2 Å². The topological polar surface area (TPSA) is 73.9 Å². The number of methoxy groups -OCH3 is 2. The summed E-state index contributed by atoms with van der Waals surface area (Å²) >= 11 is 0. The van der Waals surface area contributed by atoms with Gasteiger partial charge in [-0.1, -0.05) is 32.9 Å². The molecule has 2 aromatic carbocycles. The summed E-state index contributed by atoms with van der Waals surface area (Å²) in [5.41, 5.74) is 2.30. The van der Waals surface area contributed by atoms with Crippen LogP contribution in [0.3, 0.4) is 0 Å². The van der Waals surface area contributed by atoms with Gasteiger partial charge < -0.3 is 19.5 Å². The maximum Gasteiger partial charge on any atom is 0.338 e. The molecule has 0 aliphatic carbocycles. The van der Waals surface area contributed by atoms with Crippen LogP contribution in [-0.4, -0.2) is 32.7 Å². The fraction of sp³-hybridized carbons (Fsp3) is 0.391. The van der Waals surface area contributed by atoms with Gasteiger partial charge in [0.15, 0.2) is 6.61 Å². The van der Waals surface area contributed by atoms with Crippen molar-refractivity contribution in [3.63, 3.8) is 0 Å². The largest absolute Gasteiger partial charge is 0.497 e. The van der Waals surface area contributed by atoms with Crippen molar-refractivity contribution in [1.82, 2.24) is 5.32 Å². The number of benzene rings is 2. The first-order valence-electron chi connectivity index (χ1n) is 9.44. The number of carbonyl (C=O) groups excluding carboxylic acids is 2. The molecule has 6 nitrogen and oxygen atoms in total. The molecule has 0 aromatic heterocycles. The molecule has 1 amide bonds. The lowest BCUT2D eigenvalue weighted by Crippen LogP contribution is -2.31. The Balaban J connectivity index is 1.95. The summed E-state index contributed by atoms with van der Waals surface area (Å²) in [5.74, 6) is 0.357. The third kappa shape index (κ3) is 5.98. The van der Waals surface area contributed by atoms with Crippen LogP contribution in [0.4, 0.5) is 0 Å². The van der Waals surface area contributed by atoms with Gasteiger partial charge in [-0.15, -0.1) is 0 Å². The molecule has 0 bridgehead atoms. The quantitative estimate of drug-likeness (QED) is 0.712. The SMILES string of the molecule is COc1ccc(OC)c([C@@H](C)NC(=O)COC(=O)c2ccc(C(C)(C)C)cc2)c1. The molecule has 0 unspecified atom stereocenters. The standard InChI is InChI=1S/C23H29NO5/c1-15(19-13-18(27-5)11-12-20(19)28-6)24-21(25)14-29-22(26)16-7-9-17(10-8-16)23(2,3)4/h7-13,15H,14H2,1-6H3,(H,24,25)/t15-/m1/s1. The molecule has 0 heterocycles. The smallest absolute Gasteiger partial charge is 0.338 e. The second-order valence-electron chi connectivity index (χ2n) is 7.80. The Hall–Kier alpha value is -3.02. The first kappa shape index (κ1) is 22.3. The Bertz CT molecular complexity index is 853. The van der Waals surface area contributed by atoms with Crippen molar-refractivity contribution in [1.29, 1.82) is 0 Å². The van der Waals surface area contributed by atoms with Crippen LogP contribution in [-0.2, 0) is 14.9 Å². The van der Waals surface area contributed by atoms with Crippen LogP contribution < -0.4 is 14.8 Å². The summed E-state index contributed by atoms with van der Waals surface area (Å²) in [6.07, 6.45) is 0. The van der Waals surface area contributed by atoms with Crippen LogP contribution in [0.5, 0.6) is 11.5 Å². The first-order chi connectivity index (χ1) is 13.7. The van der Waals surface area contributed by atoms with E-state index < -0.39 is 11.9 Å². The highest BCUT2D eigenvalue weighted by atomic mass is 16.5. The lowest BCUT2D eigenvalue weighted by atomic mass is 9.87. The van der Waals surface area contributed by atoms with Gasteiger partial charge in [-0.3, -0.25) is 4.79 Å². The van der Waals surface area contributed by atoms with Gasteiger partial charge in [0.05, 0.1) is 25.8 Å². The molecule has 6 heteroatoms. The summed E-state index contributed by atoms with van der Waals surface area (Å²) in [5, 5.41) is 2.81. The number of esters is 1. The van der Waals surface area contributed by atoms with E-state index in [0.29, 0.717) is 17.1 Å². The van der Waals surface area contributed by atoms with Crippen LogP contribution >= 0.6 is 0 Å². The van der Waals surface area contributed by atoms with Crippen LogP contribution in [0.15, 0.2) is 42.5 Å². The molecule has 1 atom stereocenters. The molecule has 1 N–H and O–H groups in total. The predicted octanol–water partition coefficient (Wildman–Crippen LogP) is 4.04. The second-order valence-corrected chi connectivity index (χ2v) is 7.80. The van der Waals surface area contributed by atoms with Gasteiger partial charge in [-0.05, 0) is 48.2 Å². The van der Waals surface area contributed by atoms with E-state index in [4.69, 9.17) is 14.2 Å². The molecule has 0 saturated carbocycles. The fourth-order valence-electron chi connectivity index (χ4n) is 2.86. The van der Waals surface area contributed by atoms with Crippen molar-refractivity contribution < 1.29 is 23.8 Å². The van der Waals surface area contributed by atoms with Gasteiger partial charge in [0.1, 0.15) is 11.5 Å². The van der Waals surface area contributed by atoms with Crippen LogP contribution in [0, 0.1) is 0 Å². The van der Waals surface area contributed by atoms with E-state index >= 15 is 0 Å². The highest BCUT2D eigenvalue weighted by Crippen LogP contribution is 2.29. The predicted molar refractivity (Wildman–Crippen MR) is 112 cm³/mol. The van der Waals surface area contributed by atoms with Crippen molar-refractivity contribution in [2.24, 2.45) is 0 Å². The lowest BCUT2D eigenvalue weighted by molar-refractivity contribution is -0.124. The highest BCUT2D eigenvalue weighted by Gasteiger charge is 2.18.